The molecule has 3 aromatic carbocycles. The molecule has 2 bridgehead atoms. The van der Waals surface area contributed by atoms with Crippen LogP contribution in [0.1, 0.15) is 28.7 Å². The lowest BCUT2D eigenvalue weighted by molar-refractivity contribution is -0.143. The van der Waals surface area contributed by atoms with Gasteiger partial charge in [-0.2, -0.15) is 0 Å². The maximum atomic E-state index is 13.2. The molecule has 4 heteroatoms. The molecule has 1 amide bonds. The van der Waals surface area contributed by atoms with Gasteiger partial charge in [0.1, 0.15) is 0 Å². The molecule has 1 fully saturated rings. The Balaban J connectivity index is 1.63. The Kier molecular flexibility index (Phi) is 3.26. The summed E-state index contributed by atoms with van der Waals surface area (Å²) in [5.74, 6) is 0.132. The number of para-hydroxylation sites is 1. The quantitative estimate of drug-likeness (QED) is 0.559. The van der Waals surface area contributed by atoms with Crippen molar-refractivity contribution in [3.63, 3.8) is 0 Å². The Hall–Kier alpha value is -2.95. The number of anilines is 1. The van der Waals surface area contributed by atoms with E-state index in [9.17, 15) is 4.79 Å². The number of nitrogens with two attached hydrogens (primary N) is 1. The van der Waals surface area contributed by atoms with Crippen molar-refractivity contribution in [1.29, 1.82) is 0 Å². The van der Waals surface area contributed by atoms with E-state index in [-0.39, 0.29) is 22.5 Å². The summed E-state index contributed by atoms with van der Waals surface area (Å²) >= 11 is 0. The van der Waals surface area contributed by atoms with Gasteiger partial charge in [0.2, 0.25) is 0 Å². The fourth-order valence-corrected chi connectivity index (χ4v) is 4.45. The van der Waals surface area contributed by atoms with Crippen LogP contribution in [0, 0.1) is 0 Å². The zero-order chi connectivity index (χ0) is 17.7. The fourth-order valence-electron chi connectivity index (χ4n) is 4.45. The van der Waals surface area contributed by atoms with Gasteiger partial charge in [-0.25, -0.2) is 10.2 Å². The lowest BCUT2D eigenvalue weighted by Gasteiger charge is -2.45. The van der Waals surface area contributed by atoms with Crippen LogP contribution in [0.15, 0.2) is 78.9 Å². The van der Waals surface area contributed by atoms with E-state index in [0.29, 0.717) is 6.54 Å². The lowest BCUT2D eigenvalue weighted by atomic mass is 9.83. The number of quaternary nitrogens is 1. The topological polar surface area (TPSA) is 55.1 Å². The van der Waals surface area contributed by atoms with Crippen molar-refractivity contribution >= 4 is 17.3 Å². The Morgan fingerprint density at radius 1 is 0.885 bits per heavy atom. The number of hydrogen-bond acceptors (Lipinski definition) is 3. The molecule has 3 aromatic rings. The van der Waals surface area contributed by atoms with Crippen LogP contribution in [0.4, 0.5) is 11.4 Å². The van der Waals surface area contributed by atoms with Crippen molar-refractivity contribution in [2.24, 2.45) is 5.73 Å². The average Bonchev–Trinajstić information content (AvgIpc) is 3.13. The van der Waals surface area contributed by atoms with Crippen LogP contribution in [-0.4, -0.2) is 5.91 Å². The van der Waals surface area contributed by atoms with Gasteiger partial charge in [0, 0.05) is 23.7 Å². The van der Waals surface area contributed by atoms with Crippen molar-refractivity contribution < 1.29 is 4.79 Å². The molecule has 0 aromatic heterocycles. The van der Waals surface area contributed by atoms with E-state index >= 15 is 0 Å². The standard InChI is InChI=1S/C22H20N3O/c23-14-15-10-12-17(13-11-15)24-25-19-9-5-4-8-18(19)20(22(25)26)21(25)16-6-2-1-3-7-16/h1-13,20-21,24H,14,23H2/q+1. The number of rotatable bonds is 4. The molecule has 3 atom stereocenters. The van der Waals surface area contributed by atoms with E-state index in [4.69, 9.17) is 5.73 Å². The third kappa shape index (κ3) is 1.88. The van der Waals surface area contributed by atoms with Gasteiger partial charge < -0.3 is 5.73 Å². The largest absolute Gasteiger partial charge is 0.357 e. The molecule has 2 aliphatic heterocycles. The highest BCUT2D eigenvalue weighted by molar-refractivity contribution is 6.09. The smallest absolute Gasteiger partial charge is 0.326 e. The van der Waals surface area contributed by atoms with Crippen LogP contribution in [0.3, 0.4) is 0 Å². The summed E-state index contributed by atoms with van der Waals surface area (Å²) in [6, 6.07) is 26.6. The first-order valence-electron chi connectivity index (χ1n) is 8.90. The number of carbonyl (C=O) groups is 1. The molecule has 0 saturated carbocycles. The van der Waals surface area contributed by atoms with E-state index in [1.54, 1.807) is 0 Å². The molecular weight excluding hydrogens is 322 g/mol. The third-order valence-electron chi connectivity index (χ3n) is 5.63. The van der Waals surface area contributed by atoms with E-state index in [0.717, 1.165) is 22.5 Å². The number of carbonyl (C=O) groups excluding carboxylic acids is 1. The molecule has 3 unspecified atom stereocenters. The van der Waals surface area contributed by atoms with Gasteiger partial charge in [0.15, 0.2) is 17.6 Å². The second-order valence-electron chi connectivity index (χ2n) is 6.97. The van der Waals surface area contributed by atoms with Crippen molar-refractivity contribution in [2.45, 2.75) is 18.5 Å². The predicted molar refractivity (Wildman–Crippen MR) is 103 cm³/mol. The van der Waals surface area contributed by atoms with Crippen LogP contribution < -0.4 is 15.8 Å². The zero-order valence-corrected chi connectivity index (χ0v) is 14.3. The number of fused-ring (bicyclic) bond motifs is 5. The molecule has 26 heavy (non-hydrogen) atoms. The number of nitrogens with zero attached hydrogens (tertiary/aromatic N) is 1. The van der Waals surface area contributed by atoms with E-state index in [1.165, 1.54) is 5.56 Å². The van der Waals surface area contributed by atoms with Gasteiger partial charge in [-0.15, -0.1) is 4.59 Å². The minimum Gasteiger partial charge on any atom is -0.326 e. The second kappa shape index (κ2) is 5.53. The van der Waals surface area contributed by atoms with Crippen molar-refractivity contribution in [2.75, 3.05) is 5.43 Å². The van der Waals surface area contributed by atoms with Crippen molar-refractivity contribution in [3.05, 3.63) is 95.6 Å². The highest BCUT2D eigenvalue weighted by Gasteiger charge is 2.74. The number of β-lactam (4-membered cyclic amide) rings is 1. The van der Waals surface area contributed by atoms with Gasteiger partial charge in [-0.3, -0.25) is 0 Å². The molecule has 128 valence electrons. The SMILES string of the molecule is NCc1ccc(N[N+]23C(=O)C(c4ccccc42)C3c2ccccc2)cc1. The van der Waals surface area contributed by atoms with Gasteiger partial charge in [-0.05, 0) is 17.7 Å². The van der Waals surface area contributed by atoms with Gasteiger partial charge in [-0.1, -0.05) is 60.7 Å². The summed E-state index contributed by atoms with van der Waals surface area (Å²) in [6.45, 7) is 0.511. The molecule has 0 spiro atoms. The fraction of sp³-hybridized carbons (Fsp3) is 0.136. The summed E-state index contributed by atoms with van der Waals surface area (Å²) in [4.78, 5) is 13.2. The number of benzene rings is 3. The summed E-state index contributed by atoms with van der Waals surface area (Å²) in [5.41, 5.74) is 14.6. The Bertz CT molecular complexity index is 984. The normalized spacial score (nSPS) is 25.5. The number of nitrogens with one attached hydrogen (secondary N) is 1. The third-order valence-corrected chi connectivity index (χ3v) is 5.63. The Labute approximate surface area is 152 Å². The summed E-state index contributed by atoms with van der Waals surface area (Å²) in [6.07, 6.45) is 0. The van der Waals surface area contributed by atoms with Gasteiger partial charge in [0.05, 0.1) is 5.69 Å². The van der Waals surface area contributed by atoms with E-state index in [1.807, 2.05) is 54.6 Å². The predicted octanol–water partition coefficient (Wildman–Crippen LogP) is 3.86. The molecule has 0 radical (unpaired) electrons. The first kappa shape index (κ1) is 15.3. The highest BCUT2D eigenvalue weighted by Crippen LogP contribution is 2.63. The molecule has 3 N–H and O–H groups in total. The molecule has 4 nitrogen and oxygen atoms in total. The Morgan fingerprint density at radius 2 is 1.58 bits per heavy atom. The van der Waals surface area contributed by atoms with E-state index in [2.05, 4.69) is 29.7 Å². The average molecular weight is 342 g/mol. The zero-order valence-electron chi connectivity index (χ0n) is 14.3. The molecular formula is C22H20N3O+. The lowest BCUT2D eigenvalue weighted by Crippen LogP contribution is -2.68. The Morgan fingerprint density at radius 3 is 2.31 bits per heavy atom. The van der Waals surface area contributed by atoms with Crippen LogP contribution in [-0.2, 0) is 11.3 Å². The molecule has 1 saturated heterocycles. The van der Waals surface area contributed by atoms with Crippen LogP contribution in [0.2, 0.25) is 0 Å². The summed E-state index contributed by atoms with van der Waals surface area (Å²) in [5, 5.41) is 0. The van der Waals surface area contributed by atoms with Crippen molar-refractivity contribution in [1.82, 2.24) is 4.59 Å². The molecule has 0 aliphatic carbocycles. The van der Waals surface area contributed by atoms with Crippen LogP contribution in [0.5, 0.6) is 0 Å². The molecule has 2 aliphatic rings. The van der Waals surface area contributed by atoms with Crippen LogP contribution >= 0.6 is 0 Å². The first-order valence-corrected chi connectivity index (χ1v) is 8.90. The second-order valence-corrected chi connectivity index (χ2v) is 6.97. The van der Waals surface area contributed by atoms with Crippen molar-refractivity contribution in [3.8, 4) is 0 Å². The summed E-state index contributed by atoms with van der Waals surface area (Å²) in [7, 11) is 0. The maximum absolute atomic E-state index is 13.2. The van der Waals surface area contributed by atoms with Crippen LogP contribution in [0.25, 0.3) is 0 Å². The highest BCUT2D eigenvalue weighted by atomic mass is 16.2. The summed E-state index contributed by atoms with van der Waals surface area (Å²) < 4.78 is 0.160. The monoisotopic (exact) mass is 342 g/mol. The minimum atomic E-state index is -0.0792. The first-order chi connectivity index (χ1) is 12.8. The molecule has 5 rings (SSSR count). The number of amides is 1. The van der Waals surface area contributed by atoms with Gasteiger partial charge >= 0.3 is 5.91 Å². The minimum absolute atomic E-state index is 0.0651. The maximum Gasteiger partial charge on any atom is 0.357 e. The molecule has 2 heterocycles. The van der Waals surface area contributed by atoms with E-state index < -0.39 is 0 Å². The van der Waals surface area contributed by atoms with Gasteiger partial charge in [0.25, 0.3) is 0 Å². The number of hydrogen-bond donors (Lipinski definition) is 2.